The fourth-order valence-electron chi connectivity index (χ4n) is 1.71. The van der Waals surface area contributed by atoms with Crippen LogP contribution in [0.2, 0.25) is 0 Å². The second-order valence-corrected chi connectivity index (χ2v) is 6.10. The van der Waals surface area contributed by atoms with Crippen molar-refractivity contribution in [2.75, 3.05) is 0 Å². The Balaban J connectivity index is 0.000000356. The molecule has 152 valence electrons. The molecular formula is C24H28N4Pt+2. The summed E-state index contributed by atoms with van der Waals surface area (Å²) >= 11 is 0. The first-order valence-electron chi connectivity index (χ1n) is 9.04. The third-order valence-electron chi connectivity index (χ3n) is 3.39. The van der Waals surface area contributed by atoms with Gasteiger partial charge in [0.1, 0.15) is 0 Å². The zero-order valence-corrected chi connectivity index (χ0v) is 19.6. The minimum atomic E-state index is 0. The Labute approximate surface area is 188 Å². The zero-order valence-electron chi connectivity index (χ0n) is 17.3. The Kier molecular flexibility index (Phi) is 15.8. The fourth-order valence-corrected chi connectivity index (χ4v) is 1.71. The summed E-state index contributed by atoms with van der Waals surface area (Å²) in [6.45, 7) is 8.17. The number of pyridine rings is 4. The van der Waals surface area contributed by atoms with E-state index in [9.17, 15) is 0 Å². The number of aromatic nitrogens is 4. The van der Waals surface area contributed by atoms with E-state index in [0.29, 0.717) is 0 Å². The summed E-state index contributed by atoms with van der Waals surface area (Å²) in [4.78, 5) is 15.4. The third-order valence-corrected chi connectivity index (χ3v) is 3.39. The van der Waals surface area contributed by atoms with Gasteiger partial charge in [-0.2, -0.15) is 0 Å². The van der Waals surface area contributed by atoms with Gasteiger partial charge in [-0.05, 0) is 98.5 Å². The number of aryl methyl sites for hydroxylation is 4. The molecule has 4 heterocycles. The van der Waals surface area contributed by atoms with Crippen molar-refractivity contribution in [3.05, 3.63) is 120 Å². The van der Waals surface area contributed by atoms with Gasteiger partial charge in [-0.3, -0.25) is 19.9 Å². The molecule has 0 aliphatic carbocycles. The van der Waals surface area contributed by atoms with Crippen LogP contribution in [0.5, 0.6) is 0 Å². The van der Waals surface area contributed by atoms with Gasteiger partial charge < -0.3 is 0 Å². The van der Waals surface area contributed by atoms with Crippen molar-refractivity contribution in [3.63, 3.8) is 0 Å². The molecule has 0 atom stereocenters. The first-order chi connectivity index (χ1) is 13.6. The van der Waals surface area contributed by atoms with Crippen LogP contribution in [-0.4, -0.2) is 19.9 Å². The molecule has 0 fully saturated rings. The van der Waals surface area contributed by atoms with E-state index >= 15 is 0 Å². The van der Waals surface area contributed by atoms with Crippen molar-refractivity contribution in [3.8, 4) is 0 Å². The van der Waals surface area contributed by atoms with Gasteiger partial charge >= 0.3 is 21.1 Å². The van der Waals surface area contributed by atoms with E-state index in [2.05, 4.69) is 19.9 Å². The van der Waals surface area contributed by atoms with E-state index in [1.165, 1.54) is 22.3 Å². The molecule has 0 bridgehead atoms. The first-order valence-corrected chi connectivity index (χ1v) is 9.04. The monoisotopic (exact) mass is 567 g/mol. The number of hydrogen-bond donors (Lipinski definition) is 0. The summed E-state index contributed by atoms with van der Waals surface area (Å²) in [6.07, 6.45) is 14.3. The molecule has 4 rings (SSSR count). The van der Waals surface area contributed by atoms with Crippen molar-refractivity contribution in [2.24, 2.45) is 0 Å². The number of rotatable bonds is 0. The number of nitrogens with zero attached hydrogens (tertiary/aromatic N) is 4. The third kappa shape index (κ3) is 16.0. The van der Waals surface area contributed by atoms with Gasteiger partial charge in [0.15, 0.2) is 0 Å². The molecule has 0 saturated heterocycles. The molecule has 0 radical (unpaired) electrons. The second-order valence-electron chi connectivity index (χ2n) is 6.10. The van der Waals surface area contributed by atoms with Crippen LogP contribution in [0.25, 0.3) is 0 Å². The van der Waals surface area contributed by atoms with Gasteiger partial charge in [-0.25, -0.2) is 0 Å². The van der Waals surface area contributed by atoms with E-state index in [-0.39, 0.29) is 21.1 Å². The molecule has 29 heavy (non-hydrogen) atoms. The largest absolute Gasteiger partial charge is 2.00 e. The maximum atomic E-state index is 3.85. The van der Waals surface area contributed by atoms with E-state index < -0.39 is 0 Å². The molecule has 0 N–H and O–H groups in total. The fraction of sp³-hybridized carbons (Fsp3) is 0.167. The van der Waals surface area contributed by atoms with Gasteiger partial charge in [0.25, 0.3) is 0 Å². The molecule has 0 aliphatic rings. The molecular weight excluding hydrogens is 539 g/mol. The number of hydrogen-bond acceptors (Lipinski definition) is 4. The molecule has 0 saturated carbocycles. The summed E-state index contributed by atoms with van der Waals surface area (Å²) in [5.74, 6) is 0. The van der Waals surface area contributed by atoms with E-state index in [4.69, 9.17) is 0 Å². The molecule has 0 unspecified atom stereocenters. The van der Waals surface area contributed by atoms with Crippen molar-refractivity contribution < 1.29 is 21.1 Å². The predicted octanol–water partition coefficient (Wildman–Crippen LogP) is 5.56. The van der Waals surface area contributed by atoms with Gasteiger partial charge in [0.2, 0.25) is 0 Å². The van der Waals surface area contributed by atoms with Crippen molar-refractivity contribution in [1.82, 2.24) is 19.9 Å². The van der Waals surface area contributed by atoms with Crippen LogP contribution < -0.4 is 0 Å². The summed E-state index contributed by atoms with van der Waals surface area (Å²) in [7, 11) is 0. The Morgan fingerprint density at radius 1 is 0.345 bits per heavy atom. The normalized spacial score (nSPS) is 8.41. The van der Waals surface area contributed by atoms with Crippen LogP contribution in [-0.2, 0) is 21.1 Å². The zero-order chi connectivity index (χ0) is 20.5. The smallest absolute Gasteiger partial charge is 0.265 e. The molecule has 0 amide bonds. The van der Waals surface area contributed by atoms with Gasteiger partial charge in [0, 0.05) is 49.6 Å². The Morgan fingerprint density at radius 3 is 0.552 bits per heavy atom. The van der Waals surface area contributed by atoms with Crippen molar-refractivity contribution >= 4 is 0 Å². The first kappa shape index (κ1) is 26.3. The topological polar surface area (TPSA) is 51.6 Å². The van der Waals surface area contributed by atoms with Gasteiger partial charge in [0.05, 0.1) is 0 Å². The average molecular weight is 568 g/mol. The molecule has 0 aromatic carbocycles. The van der Waals surface area contributed by atoms with Crippen LogP contribution in [0.4, 0.5) is 0 Å². The summed E-state index contributed by atoms with van der Waals surface area (Å²) in [5.41, 5.74) is 5.04. The van der Waals surface area contributed by atoms with E-state index in [1.54, 1.807) is 49.6 Å². The van der Waals surface area contributed by atoms with Crippen LogP contribution in [0.15, 0.2) is 98.1 Å². The maximum Gasteiger partial charge on any atom is 2.00 e. The summed E-state index contributed by atoms with van der Waals surface area (Å²) in [5, 5.41) is 0. The Hall–Kier alpha value is -2.71. The Bertz CT molecular complexity index is 693. The summed E-state index contributed by atoms with van der Waals surface area (Å²) in [6, 6.07) is 15.8. The van der Waals surface area contributed by atoms with Crippen molar-refractivity contribution in [2.45, 2.75) is 27.7 Å². The molecule has 0 spiro atoms. The van der Waals surface area contributed by atoms with Crippen LogP contribution in [0.1, 0.15) is 22.3 Å². The summed E-state index contributed by atoms with van der Waals surface area (Å²) < 4.78 is 0. The Morgan fingerprint density at radius 2 is 0.483 bits per heavy atom. The second kappa shape index (κ2) is 17.4. The maximum absolute atomic E-state index is 3.85. The predicted molar refractivity (Wildman–Crippen MR) is 116 cm³/mol. The van der Waals surface area contributed by atoms with Crippen molar-refractivity contribution in [1.29, 1.82) is 0 Å². The van der Waals surface area contributed by atoms with Gasteiger partial charge in [-0.1, -0.05) is 0 Å². The quantitative estimate of drug-likeness (QED) is 0.279. The molecule has 5 heteroatoms. The molecule has 4 aromatic heterocycles. The van der Waals surface area contributed by atoms with Gasteiger partial charge in [-0.15, -0.1) is 0 Å². The van der Waals surface area contributed by atoms with E-state index in [1.807, 2.05) is 76.2 Å². The molecule has 4 aromatic rings. The minimum Gasteiger partial charge on any atom is -0.265 e. The molecule has 4 nitrogen and oxygen atoms in total. The van der Waals surface area contributed by atoms with Crippen LogP contribution in [0.3, 0.4) is 0 Å². The molecule has 0 aliphatic heterocycles. The average Bonchev–Trinajstić information content (AvgIpc) is 2.72. The van der Waals surface area contributed by atoms with Crippen LogP contribution in [0, 0.1) is 27.7 Å². The SMILES string of the molecule is Cc1ccncc1.Cc1ccncc1.Cc1ccncc1.Cc1ccncc1.[Pt+2]. The standard InChI is InChI=1S/4C6H7N.Pt/c4*1-6-2-4-7-5-3-6;/h4*2-5H,1H3;/q;;;;+2. The minimum absolute atomic E-state index is 0. The van der Waals surface area contributed by atoms with E-state index in [0.717, 1.165) is 0 Å². The van der Waals surface area contributed by atoms with Crippen LogP contribution >= 0.6 is 0 Å².